The van der Waals surface area contributed by atoms with E-state index in [1.807, 2.05) is 0 Å². The number of terminal acetylenes is 1. The Morgan fingerprint density at radius 3 is 2.78 bits per heavy atom. The van der Waals surface area contributed by atoms with Gasteiger partial charge in [0, 0.05) is 6.07 Å². The normalized spacial score (nSPS) is 9.94. The number of nitrogens with two attached hydrogens (primary N) is 1. The number of hydrogen-bond acceptors (Lipinski definition) is 4. The molecule has 4 nitrogen and oxygen atoms in total. The fourth-order valence-electron chi connectivity index (χ4n) is 1.28. The van der Waals surface area contributed by atoms with Gasteiger partial charge in [0.2, 0.25) is 0 Å². The number of hydrogen-bond donors (Lipinski definition) is 1. The quantitative estimate of drug-likeness (QED) is 0.505. The number of benzene rings is 1. The minimum atomic E-state index is -0.701. The third-order valence-corrected chi connectivity index (χ3v) is 1.98. The molecular formula is C13H14FNO3. The van der Waals surface area contributed by atoms with Gasteiger partial charge in [-0.15, -0.1) is 6.42 Å². The Balaban J connectivity index is 3.08. The van der Waals surface area contributed by atoms with Crippen LogP contribution in [0.1, 0.15) is 24.2 Å². The summed E-state index contributed by atoms with van der Waals surface area (Å²) in [6.07, 6.45) is 4.70. The van der Waals surface area contributed by atoms with Crippen molar-refractivity contribution in [3.05, 3.63) is 23.5 Å². The molecule has 0 spiro atoms. The smallest absolute Gasteiger partial charge is 0.340 e. The Morgan fingerprint density at radius 2 is 2.22 bits per heavy atom. The second-order valence-corrected chi connectivity index (χ2v) is 3.81. The zero-order chi connectivity index (χ0) is 13.7. The van der Waals surface area contributed by atoms with Gasteiger partial charge in [-0.05, 0) is 19.9 Å². The molecule has 0 heterocycles. The van der Waals surface area contributed by atoms with Crippen molar-refractivity contribution in [1.82, 2.24) is 0 Å². The third-order valence-electron chi connectivity index (χ3n) is 1.98. The molecule has 96 valence electrons. The maximum Gasteiger partial charge on any atom is 0.340 e. The first kappa shape index (κ1) is 13.8. The Labute approximate surface area is 105 Å². The van der Waals surface area contributed by atoms with E-state index >= 15 is 0 Å². The van der Waals surface area contributed by atoms with Crippen LogP contribution < -0.4 is 10.5 Å². The zero-order valence-corrected chi connectivity index (χ0v) is 10.2. The molecule has 5 heteroatoms. The van der Waals surface area contributed by atoms with Crippen molar-refractivity contribution in [3.63, 3.8) is 0 Å². The average Bonchev–Trinajstić information content (AvgIpc) is 2.28. The lowest BCUT2D eigenvalue weighted by atomic mass is 10.1. The predicted octanol–water partition coefficient (Wildman–Crippen LogP) is 1.99. The zero-order valence-electron chi connectivity index (χ0n) is 10.2. The summed E-state index contributed by atoms with van der Waals surface area (Å²) < 4.78 is 23.3. The molecule has 0 aliphatic carbocycles. The number of carbonyl (C=O) groups is 1. The largest absolute Gasteiger partial charge is 0.479 e. The van der Waals surface area contributed by atoms with Gasteiger partial charge in [-0.2, -0.15) is 0 Å². The highest BCUT2D eigenvalue weighted by Crippen LogP contribution is 2.27. The van der Waals surface area contributed by atoms with Crippen LogP contribution in [0.2, 0.25) is 0 Å². The summed E-state index contributed by atoms with van der Waals surface area (Å²) in [6.45, 7) is 3.30. The Hall–Kier alpha value is -2.22. The summed E-state index contributed by atoms with van der Waals surface area (Å²) in [5.41, 5.74) is 5.65. The van der Waals surface area contributed by atoms with Crippen molar-refractivity contribution < 1.29 is 18.7 Å². The van der Waals surface area contributed by atoms with Gasteiger partial charge in [-0.3, -0.25) is 0 Å². The van der Waals surface area contributed by atoms with Gasteiger partial charge >= 0.3 is 5.97 Å². The fourth-order valence-corrected chi connectivity index (χ4v) is 1.28. The average molecular weight is 251 g/mol. The first-order valence-corrected chi connectivity index (χ1v) is 5.32. The molecule has 1 aromatic carbocycles. The molecule has 0 unspecified atom stereocenters. The van der Waals surface area contributed by atoms with Crippen molar-refractivity contribution >= 4 is 11.7 Å². The Bertz CT molecular complexity index is 492. The van der Waals surface area contributed by atoms with Crippen LogP contribution in [-0.2, 0) is 4.74 Å². The number of nitrogen functional groups attached to an aromatic ring is 1. The molecule has 0 radical (unpaired) electrons. The molecule has 0 saturated heterocycles. The van der Waals surface area contributed by atoms with E-state index in [2.05, 4.69) is 5.92 Å². The maximum atomic E-state index is 13.3. The van der Waals surface area contributed by atoms with Crippen LogP contribution in [0.25, 0.3) is 0 Å². The van der Waals surface area contributed by atoms with Crippen LogP contribution in [0.3, 0.4) is 0 Å². The van der Waals surface area contributed by atoms with E-state index in [0.29, 0.717) is 0 Å². The van der Waals surface area contributed by atoms with Crippen LogP contribution >= 0.6 is 0 Å². The van der Waals surface area contributed by atoms with Crippen molar-refractivity contribution in [2.24, 2.45) is 0 Å². The second kappa shape index (κ2) is 5.92. The fraction of sp³-hybridized carbons (Fsp3) is 0.308. The van der Waals surface area contributed by atoms with Gasteiger partial charge in [0.15, 0.2) is 0 Å². The van der Waals surface area contributed by atoms with Crippen LogP contribution in [0.5, 0.6) is 5.75 Å². The van der Waals surface area contributed by atoms with Gasteiger partial charge in [-0.25, -0.2) is 9.18 Å². The summed E-state index contributed by atoms with van der Waals surface area (Å²) in [7, 11) is 0. The maximum absolute atomic E-state index is 13.3. The minimum Gasteiger partial charge on any atom is -0.479 e. The van der Waals surface area contributed by atoms with Crippen LogP contribution in [0.4, 0.5) is 10.1 Å². The SMILES string of the molecule is C#CCOc1cc(F)cc(C(=O)OC(C)C)c1N. The lowest BCUT2D eigenvalue weighted by molar-refractivity contribution is 0.0378. The summed E-state index contributed by atoms with van der Waals surface area (Å²) in [5.74, 6) is 0.911. The number of esters is 1. The highest BCUT2D eigenvalue weighted by atomic mass is 19.1. The number of halogens is 1. The summed E-state index contributed by atoms with van der Waals surface area (Å²) in [5, 5.41) is 0. The van der Waals surface area contributed by atoms with E-state index in [0.717, 1.165) is 12.1 Å². The molecule has 1 rings (SSSR count). The second-order valence-electron chi connectivity index (χ2n) is 3.81. The van der Waals surface area contributed by atoms with Crippen molar-refractivity contribution in [2.45, 2.75) is 20.0 Å². The first-order valence-electron chi connectivity index (χ1n) is 5.32. The van der Waals surface area contributed by atoms with Crippen molar-refractivity contribution in [2.75, 3.05) is 12.3 Å². The molecule has 0 aliphatic heterocycles. The molecule has 0 aromatic heterocycles. The molecule has 0 aliphatic rings. The molecule has 0 amide bonds. The molecule has 1 aromatic rings. The van der Waals surface area contributed by atoms with Gasteiger partial charge < -0.3 is 15.2 Å². The van der Waals surface area contributed by atoms with Gasteiger partial charge in [0.25, 0.3) is 0 Å². The van der Waals surface area contributed by atoms with Crippen molar-refractivity contribution in [1.29, 1.82) is 0 Å². The summed E-state index contributed by atoms with van der Waals surface area (Å²) in [4.78, 5) is 11.7. The van der Waals surface area contributed by atoms with Gasteiger partial charge in [-0.1, -0.05) is 5.92 Å². The molecule has 0 bridgehead atoms. The van der Waals surface area contributed by atoms with E-state index in [1.165, 1.54) is 0 Å². The standard InChI is InChI=1S/C13H14FNO3/c1-4-5-17-11-7-9(14)6-10(12(11)15)13(16)18-8(2)3/h1,6-8H,5,15H2,2-3H3. The highest BCUT2D eigenvalue weighted by molar-refractivity contribution is 5.96. The summed E-state index contributed by atoms with van der Waals surface area (Å²) in [6, 6.07) is 2.07. The topological polar surface area (TPSA) is 61.5 Å². The van der Waals surface area contributed by atoms with Crippen LogP contribution in [0.15, 0.2) is 12.1 Å². The van der Waals surface area contributed by atoms with Gasteiger partial charge in [0.05, 0.1) is 17.4 Å². The molecule has 0 atom stereocenters. The minimum absolute atomic E-state index is 0.0114. The molecule has 0 fully saturated rings. The van der Waals surface area contributed by atoms with Crippen LogP contribution in [0, 0.1) is 18.2 Å². The predicted molar refractivity (Wildman–Crippen MR) is 65.7 cm³/mol. The van der Waals surface area contributed by atoms with Crippen LogP contribution in [-0.4, -0.2) is 18.7 Å². The highest BCUT2D eigenvalue weighted by Gasteiger charge is 2.18. The lowest BCUT2D eigenvalue weighted by Gasteiger charge is -2.12. The van der Waals surface area contributed by atoms with E-state index in [4.69, 9.17) is 21.6 Å². The third kappa shape index (κ3) is 3.39. The number of anilines is 1. The molecule has 18 heavy (non-hydrogen) atoms. The molecule has 2 N–H and O–H groups in total. The number of rotatable bonds is 4. The Morgan fingerprint density at radius 1 is 1.56 bits per heavy atom. The van der Waals surface area contributed by atoms with E-state index in [1.54, 1.807) is 13.8 Å². The lowest BCUT2D eigenvalue weighted by Crippen LogP contribution is -2.14. The van der Waals surface area contributed by atoms with Gasteiger partial charge in [0.1, 0.15) is 18.2 Å². The monoisotopic (exact) mass is 251 g/mol. The molecular weight excluding hydrogens is 237 g/mol. The van der Waals surface area contributed by atoms with E-state index < -0.39 is 11.8 Å². The number of ether oxygens (including phenoxy) is 2. The van der Waals surface area contributed by atoms with E-state index in [-0.39, 0.29) is 29.7 Å². The number of carbonyl (C=O) groups excluding carboxylic acids is 1. The summed E-state index contributed by atoms with van der Waals surface area (Å²) >= 11 is 0. The van der Waals surface area contributed by atoms with E-state index in [9.17, 15) is 9.18 Å². The first-order chi connectivity index (χ1) is 8.45. The Kier molecular flexibility index (Phi) is 4.55. The molecule has 0 saturated carbocycles. The van der Waals surface area contributed by atoms with Crippen molar-refractivity contribution in [3.8, 4) is 18.1 Å².